The Balaban J connectivity index is 2.33. The number of benzene rings is 1. The summed E-state index contributed by atoms with van der Waals surface area (Å²) in [6, 6.07) is 3.57. The smallest absolute Gasteiger partial charge is 0.131 e. The molecule has 1 aliphatic rings. The van der Waals surface area contributed by atoms with Crippen molar-refractivity contribution in [3.05, 3.63) is 34.1 Å². The van der Waals surface area contributed by atoms with E-state index in [0.717, 1.165) is 24.8 Å². The lowest BCUT2D eigenvalue weighted by molar-refractivity contribution is 0.573. The largest absolute Gasteiger partial charge is 0.206 e. The molecule has 1 saturated carbocycles. The van der Waals surface area contributed by atoms with Crippen molar-refractivity contribution in [3.8, 4) is 0 Å². The zero-order valence-electron chi connectivity index (χ0n) is 8.56. The van der Waals surface area contributed by atoms with Crippen molar-refractivity contribution in [1.29, 1.82) is 0 Å². The second-order valence-electron chi connectivity index (χ2n) is 4.18. The summed E-state index contributed by atoms with van der Waals surface area (Å²) in [4.78, 5) is 0. The van der Waals surface area contributed by atoms with Gasteiger partial charge in [-0.15, -0.1) is 11.6 Å². The fourth-order valence-electron chi connectivity index (χ4n) is 2.21. The van der Waals surface area contributed by atoms with Crippen LogP contribution in [0.15, 0.2) is 12.1 Å². The number of alkyl halides is 1. The molecule has 0 amide bonds. The van der Waals surface area contributed by atoms with Crippen LogP contribution in [-0.4, -0.2) is 5.38 Å². The molecule has 0 radical (unpaired) electrons. The molecule has 2 atom stereocenters. The van der Waals surface area contributed by atoms with Crippen LogP contribution in [0.25, 0.3) is 0 Å². The highest BCUT2D eigenvalue weighted by atomic mass is 35.5. The van der Waals surface area contributed by atoms with E-state index >= 15 is 0 Å². The lowest BCUT2D eigenvalue weighted by atomic mass is 9.95. The minimum Gasteiger partial charge on any atom is -0.206 e. The van der Waals surface area contributed by atoms with Crippen LogP contribution in [0.4, 0.5) is 4.39 Å². The Morgan fingerprint density at radius 3 is 2.67 bits per heavy atom. The summed E-state index contributed by atoms with van der Waals surface area (Å²) in [6.07, 6.45) is 2.83. The summed E-state index contributed by atoms with van der Waals surface area (Å²) < 4.78 is 13.9. The predicted molar refractivity (Wildman–Crippen MR) is 62.4 cm³/mol. The first-order valence-corrected chi connectivity index (χ1v) is 5.99. The van der Waals surface area contributed by atoms with Crippen LogP contribution in [0.3, 0.4) is 0 Å². The fraction of sp³-hybridized carbons (Fsp3) is 0.500. The summed E-state index contributed by atoms with van der Waals surface area (Å²) in [5, 5.41) is 0.696. The van der Waals surface area contributed by atoms with Crippen LogP contribution < -0.4 is 0 Å². The van der Waals surface area contributed by atoms with E-state index in [1.807, 2.05) is 0 Å². The molecule has 1 fully saturated rings. The normalized spacial score (nSPS) is 25.9. The predicted octanol–water partition coefficient (Wildman–Crippen LogP) is 4.66. The summed E-state index contributed by atoms with van der Waals surface area (Å²) in [5.41, 5.74) is 1.33. The molecule has 0 nitrogen and oxygen atoms in total. The molecule has 0 saturated heterocycles. The van der Waals surface area contributed by atoms with Crippen molar-refractivity contribution in [3.63, 3.8) is 0 Å². The molecule has 2 unspecified atom stereocenters. The van der Waals surface area contributed by atoms with Crippen LogP contribution in [-0.2, 0) is 0 Å². The molecule has 2 rings (SSSR count). The van der Waals surface area contributed by atoms with Crippen LogP contribution in [0.1, 0.15) is 36.3 Å². The zero-order valence-corrected chi connectivity index (χ0v) is 10.1. The van der Waals surface area contributed by atoms with Crippen LogP contribution in [0.2, 0.25) is 5.02 Å². The molecule has 0 heterocycles. The molecular formula is C12H13Cl2F. The first-order chi connectivity index (χ1) is 7.09. The van der Waals surface area contributed by atoms with Crippen molar-refractivity contribution < 1.29 is 4.39 Å². The molecule has 1 aromatic carbocycles. The number of hydrogen-bond acceptors (Lipinski definition) is 0. The third-order valence-electron chi connectivity index (χ3n) is 3.16. The van der Waals surface area contributed by atoms with Gasteiger partial charge in [0.25, 0.3) is 0 Å². The third kappa shape index (κ3) is 2.14. The molecule has 0 spiro atoms. The average Bonchev–Trinajstić information content (AvgIpc) is 2.61. The highest BCUT2D eigenvalue weighted by molar-refractivity contribution is 6.31. The van der Waals surface area contributed by atoms with E-state index in [-0.39, 0.29) is 17.1 Å². The Bertz CT molecular complexity index is 376. The van der Waals surface area contributed by atoms with Gasteiger partial charge in [-0.05, 0) is 43.7 Å². The maximum Gasteiger partial charge on any atom is 0.131 e. The van der Waals surface area contributed by atoms with E-state index in [1.54, 1.807) is 19.1 Å². The van der Waals surface area contributed by atoms with Crippen molar-refractivity contribution in [2.75, 3.05) is 0 Å². The Kier molecular flexibility index (Phi) is 3.22. The van der Waals surface area contributed by atoms with Gasteiger partial charge in [0, 0.05) is 16.0 Å². The maximum absolute atomic E-state index is 13.9. The van der Waals surface area contributed by atoms with Crippen molar-refractivity contribution >= 4 is 23.2 Å². The molecule has 0 bridgehead atoms. The Morgan fingerprint density at radius 1 is 1.33 bits per heavy atom. The summed E-state index contributed by atoms with van der Waals surface area (Å²) in [6.45, 7) is 1.72. The average molecular weight is 247 g/mol. The highest BCUT2D eigenvalue weighted by Gasteiger charge is 2.27. The summed E-state index contributed by atoms with van der Waals surface area (Å²) in [5.74, 6) is 0.113. The van der Waals surface area contributed by atoms with Gasteiger partial charge in [-0.2, -0.15) is 0 Å². The lowest BCUT2D eigenvalue weighted by Crippen LogP contribution is -2.00. The van der Waals surface area contributed by atoms with Gasteiger partial charge in [0.05, 0.1) is 0 Å². The van der Waals surface area contributed by atoms with Gasteiger partial charge in [-0.3, -0.25) is 0 Å². The van der Waals surface area contributed by atoms with Gasteiger partial charge in [0.1, 0.15) is 5.82 Å². The summed E-state index contributed by atoms with van der Waals surface area (Å²) in [7, 11) is 0. The minimum absolute atomic E-state index is 0.154. The van der Waals surface area contributed by atoms with E-state index in [1.165, 1.54) is 0 Å². The Hall–Kier alpha value is -0.270. The molecule has 3 heteroatoms. The van der Waals surface area contributed by atoms with Gasteiger partial charge in [-0.25, -0.2) is 4.39 Å². The molecule has 82 valence electrons. The fourth-order valence-corrected chi connectivity index (χ4v) is 2.69. The van der Waals surface area contributed by atoms with E-state index in [0.29, 0.717) is 10.6 Å². The molecule has 0 N–H and O–H groups in total. The van der Waals surface area contributed by atoms with E-state index in [9.17, 15) is 4.39 Å². The van der Waals surface area contributed by atoms with Gasteiger partial charge >= 0.3 is 0 Å². The highest BCUT2D eigenvalue weighted by Crippen LogP contribution is 2.39. The molecule has 1 aliphatic carbocycles. The quantitative estimate of drug-likeness (QED) is 0.633. The van der Waals surface area contributed by atoms with E-state index < -0.39 is 0 Å². The number of rotatable bonds is 1. The van der Waals surface area contributed by atoms with Gasteiger partial charge in [0.2, 0.25) is 0 Å². The zero-order chi connectivity index (χ0) is 11.0. The second-order valence-corrected chi connectivity index (χ2v) is 5.21. The molecule has 1 aromatic rings. The van der Waals surface area contributed by atoms with Crippen molar-refractivity contribution in [2.24, 2.45) is 0 Å². The molecule has 0 aliphatic heterocycles. The first-order valence-electron chi connectivity index (χ1n) is 5.18. The first kappa shape index (κ1) is 11.2. The Labute approximate surface area is 99.4 Å². The topological polar surface area (TPSA) is 0 Å². The molecule has 15 heavy (non-hydrogen) atoms. The van der Waals surface area contributed by atoms with Crippen molar-refractivity contribution in [2.45, 2.75) is 37.5 Å². The molecular weight excluding hydrogens is 234 g/mol. The number of halogens is 3. The SMILES string of the molecule is Cc1c(Cl)ccc(C2CCC(Cl)C2)c1F. The second kappa shape index (κ2) is 4.31. The van der Waals surface area contributed by atoms with E-state index in [2.05, 4.69) is 0 Å². The third-order valence-corrected chi connectivity index (χ3v) is 3.96. The maximum atomic E-state index is 13.9. The standard InChI is InChI=1S/C12H13Cl2F/c1-7-11(14)5-4-10(12(7)15)8-2-3-9(13)6-8/h4-5,8-9H,2-3,6H2,1H3. The van der Waals surface area contributed by atoms with Gasteiger partial charge < -0.3 is 0 Å². The monoisotopic (exact) mass is 246 g/mol. The van der Waals surface area contributed by atoms with Crippen LogP contribution >= 0.6 is 23.2 Å². The lowest BCUT2D eigenvalue weighted by Gasteiger charge is -2.13. The molecule has 0 aromatic heterocycles. The van der Waals surface area contributed by atoms with Crippen LogP contribution in [0.5, 0.6) is 0 Å². The van der Waals surface area contributed by atoms with Gasteiger partial charge in [-0.1, -0.05) is 17.7 Å². The van der Waals surface area contributed by atoms with Crippen LogP contribution in [0, 0.1) is 12.7 Å². The Morgan fingerprint density at radius 2 is 2.07 bits per heavy atom. The number of hydrogen-bond donors (Lipinski definition) is 0. The summed E-state index contributed by atoms with van der Waals surface area (Å²) >= 11 is 11.9. The minimum atomic E-state index is -0.154. The van der Waals surface area contributed by atoms with Gasteiger partial charge in [0.15, 0.2) is 0 Å². The van der Waals surface area contributed by atoms with Crippen molar-refractivity contribution in [1.82, 2.24) is 0 Å². The van der Waals surface area contributed by atoms with E-state index in [4.69, 9.17) is 23.2 Å².